The van der Waals surface area contributed by atoms with E-state index in [1.165, 1.54) is 6.07 Å². The zero-order chi connectivity index (χ0) is 17.3. The van der Waals surface area contributed by atoms with Gasteiger partial charge in [0.25, 0.3) is 5.56 Å². The Morgan fingerprint density at radius 3 is 2.84 bits per heavy atom. The van der Waals surface area contributed by atoms with Crippen LogP contribution in [0, 0.1) is 0 Å². The number of hydrogen-bond acceptors (Lipinski definition) is 4. The minimum atomic E-state index is -1.23. The predicted octanol–water partition coefficient (Wildman–Crippen LogP) is 2.61. The molecule has 5 nitrogen and oxygen atoms in total. The lowest BCUT2D eigenvalue weighted by molar-refractivity contribution is 0.0336. The molecular weight excluding hydrogens is 316 g/mol. The largest absolute Gasteiger partial charge is 0.385 e. The topological polar surface area (TPSA) is 72.2 Å². The van der Waals surface area contributed by atoms with Crippen LogP contribution in [0.25, 0.3) is 22.3 Å². The Morgan fingerprint density at radius 1 is 1.24 bits per heavy atom. The highest BCUT2D eigenvalue weighted by atomic mass is 16.3. The first-order chi connectivity index (χ1) is 12.0. The number of benzene rings is 1. The maximum Gasteiger partial charge on any atom is 0.252 e. The number of rotatable bonds is 1. The molecule has 1 atom stereocenters. The number of aromatic nitrogens is 2. The van der Waals surface area contributed by atoms with Gasteiger partial charge in [-0.25, -0.2) is 4.98 Å². The van der Waals surface area contributed by atoms with Gasteiger partial charge in [-0.15, -0.1) is 0 Å². The number of aliphatic hydroxyl groups is 1. The van der Waals surface area contributed by atoms with E-state index in [1.54, 1.807) is 4.57 Å². The second-order valence-electron chi connectivity index (χ2n) is 6.88. The van der Waals surface area contributed by atoms with E-state index in [0.29, 0.717) is 35.5 Å². The van der Waals surface area contributed by atoms with Crippen molar-refractivity contribution in [1.82, 2.24) is 9.55 Å². The molecule has 1 N–H and O–H groups in total. The zero-order valence-corrected chi connectivity index (χ0v) is 13.7. The lowest BCUT2D eigenvalue weighted by Gasteiger charge is -2.23. The van der Waals surface area contributed by atoms with Gasteiger partial charge in [0.2, 0.25) is 0 Å². The van der Waals surface area contributed by atoms with E-state index in [0.717, 1.165) is 16.5 Å². The number of nitrogens with zero attached hydrogens (tertiary/aromatic N) is 2. The summed E-state index contributed by atoms with van der Waals surface area (Å²) in [5.41, 5.74) is 2.57. The first kappa shape index (κ1) is 14.5. The van der Waals surface area contributed by atoms with Crippen molar-refractivity contribution in [3.63, 3.8) is 0 Å². The smallest absolute Gasteiger partial charge is 0.252 e. The highest BCUT2D eigenvalue weighted by Gasteiger charge is 2.45. The molecule has 0 bridgehead atoms. The van der Waals surface area contributed by atoms with Crippen LogP contribution in [0.4, 0.5) is 0 Å². The average Bonchev–Trinajstić information content (AvgIpc) is 3.09. The van der Waals surface area contributed by atoms with Crippen molar-refractivity contribution in [1.29, 1.82) is 0 Å². The lowest BCUT2D eigenvalue weighted by atomic mass is 9.90. The molecule has 3 aromatic rings. The van der Waals surface area contributed by atoms with Crippen LogP contribution in [0.15, 0.2) is 41.2 Å². The van der Waals surface area contributed by atoms with Gasteiger partial charge in [0.1, 0.15) is 0 Å². The van der Waals surface area contributed by atoms with Crippen LogP contribution in [0.1, 0.15) is 41.3 Å². The van der Waals surface area contributed by atoms with Gasteiger partial charge in [-0.05, 0) is 18.6 Å². The van der Waals surface area contributed by atoms with Gasteiger partial charge in [-0.3, -0.25) is 9.59 Å². The summed E-state index contributed by atoms with van der Waals surface area (Å²) in [7, 11) is 0. The number of fused-ring (bicyclic) bond motifs is 6. The van der Waals surface area contributed by atoms with E-state index >= 15 is 0 Å². The van der Waals surface area contributed by atoms with E-state index in [2.05, 4.69) is 0 Å². The van der Waals surface area contributed by atoms with Gasteiger partial charge in [-0.2, -0.15) is 0 Å². The van der Waals surface area contributed by atoms with Crippen LogP contribution >= 0.6 is 0 Å². The number of carbonyl (C=O) groups excluding carboxylic acids is 1. The van der Waals surface area contributed by atoms with Crippen LogP contribution in [0.2, 0.25) is 0 Å². The third-order valence-corrected chi connectivity index (χ3v) is 5.47. The third-order valence-electron chi connectivity index (χ3n) is 5.47. The van der Waals surface area contributed by atoms with E-state index in [-0.39, 0.29) is 17.8 Å². The summed E-state index contributed by atoms with van der Waals surface area (Å²) >= 11 is 0. The summed E-state index contributed by atoms with van der Waals surface area (Å²) in [5, 5.41) is 12.1. The van der Waals surface area contributed by atoms with Crippen LogP contribution in [0.3, 0.4) is 0 Å². The van der Waals surface area contributed by atoms with Gasteiger partial charge in [0.05, 0.1) is 29.1 Å². The molecule has 2 aliphatic rings. The lowest BCUT2D eigenvalue weighted by Crippen LogP contribution is -2.26. The Hall–Kier alpha value is -2.79. The highest BCUT2D eigenvalue weighted by molar-refractivity contribution is 6.04. The molecule has 2 aromatic heterocycles. The minimum absolute atomic E-state index is 0.0260. The fourth-order valence-electron chi connectivity index (χ4n) is 4.15. The normalized spacial score (nSPS) is 20.6. The standard InChI is InChI=1S/C20H16N2O3/c1-2-20(25)9-15(23)13-8-16(24)22-10-12-7-11-5-3-4-6-14(11)21-18(12)19(22)17(13)20/h3-8,25H,2,9-10H2,1H3. The molecule has 25 heavy (non-hydrogen) atoms. The molecule has 5 heteroatoms. The number of ketones is 1. The van der Waals surface area contributed by atoms with Crippen LogP contribution in [-0.4, -0.2) is 20.4 Å². The van der Waals surface area contributed by atoms with E-state index in [1.807, 2.05) is 37.3 Å². The molecule has 0 radical (unpaired) electrons. The molecule has 0 amide bonds. The number of Topliss-reactive ketones (excluding diaryl/α,β-unsaturated/α-hetero) is 1. The van der Waals surface area contributed by atoms with E-state index in [4.69, 9.17) is 4.98 Å². The average molecular weight is 332 g/mol. The molecule has 1 aliphatic heterocycles. The number of para-hydroxylation sites is 1. The van der Waals surface area contributed by atoms with E-state index in [9.17, 15) is 14.7 Å². The predicted molar refractivity (Wildman–Crippen MR) is 93.7 cm³/mol. The highest BCUT2D eigenvalue weighted by Crippen LogP contribution is 2.46. The Labute approximate surface area is 143 Å². The maximum atomic E-state index is 12.6. The molecule has 0 spiro atoms. The number of pyridine rings is 2. The Bertz CT molecular complexity index is 1150. The van der Waals surface area contributed by atoms with Gasteiger partial charge in [-0.1, -0.05) is 25.1 Å². The molecule has 0 fully saturated rings. The fourth-order valence-corrected chi connectivity index (χ4v) is 4.15. The van der Waals surface area contributed by atoms with Crippen LogP contribution in [-0.2, 0) is 12.1 Å². The summed E-state index contributed by atoms with van der Waals surface area (Å²) in [6, 6.07) is 11.2. The minimum Gasteiger partial charge on any atom is -0.385 e. The summed E-state index contributed by atoms with van der Waals surface area (Å²) in [6.07, 6.45) is 0.443. The fraction of sp³-hybridized carbons (Fsp3) is 0.250. The second-order valence-corrected chi connectivity index (χ2v) is 6.88. The molecule has 1 aliphatic carbocycles. The summed E-state index contributed by atoms with van der Waals surface area (Å²) < 4.78 is 1.63. The van der Waals surface area contributed by atoms with Gasteiger partial charge >= 0.3 is 0 Å². The molecule has 3 heterocycles. The van der Waals surface area contributed by atoms with Crippen molar-refractivity contribution in [3.8, 4) is 11.4 Å². The van der Waals surface area contributed by atoms with Crippen molar-refractivity contribution in [2.24, 2.45) is 0 Å². The number of carbonyl (C=O) groups is 1. The van der Waals surface area contributed by atoms with Gasteiger partial charge in [0, 0.05) is 34.6 Å². The van der Waals surface area contributed by atoms with Crippen molar-refractivity contribution in [2.45, 2.75) is 31.9 Å². The van der Waals surface area contributed by atoms with Gasteiger partial charge in [0.15, 0.2) is 5.78 Å². The Balaban J connectivity index is 1.91. The molecule has 1 unspecified atom stereocenters. The second kappa shape index (κ2) is 4.64. The van der Waals surface area contributed by atoms with Crippen molar-refractivity contribution >= 4 is 16.7 Å². The summed E-state index contributed by atoms with van der Waals surface area (Å²) in [6.45, 7) is 2.27. The maximum absolute atomic E-state index is 12.6. The van der Waals surface area contributed by atoms with Crippen molar-refractivity contribution < 1.29 is 9.90 Å². The SMILES string of the molecule is CCC1(O)CC(=O)c2cc(=O)n3c(c21)-c1nc2ccccc2cc1C3. The quantitative estimate of drug-likeness (QED) is 0.581. The molecular formula is C20H16N2O3. The third kappa shape index (κ3) is 1.79. The molecule has 1 aromatic carbocycles. The van der Waals surface area contributed by atoms with Crippen molar-refractivity contribution in [2.75, 3.05) is 0 Å². The molecule has 0 saturated carbocycles. The van der Waals surface area contributed by atoms with E-state index < -0.39 is 5.60 Å². The Morgan fingerprint density at radius 2 is 2.04 bits per heavy atom. The van der Waals surface area contributed by atoms with Crippen LogP contribution in [0.5, 0.6) is 0 Å². The first-order valence-corrected chi connectivity index (χ1v) is 8.45. The first-order valence-electron chi connectivity index (χ1n) is 8.45. The van der Waals surface area contributed by atoms with Gasteiger partial charge < -0.3 is 9.67 Å². The van der Waals surface area contributed by atoms with Crippen LogP contribution < -0.4 is 5.56 Å². The molecule has 0 saturated heterocycles. The molecule has 124 valence electrons. The monoisotopic (exact) mass is 332 g/mol. The molecule has 5 rings (SSSR count). The summed E-state index contributed by atoms with van der Waals surface area (Å²) in [4.78, 5) is 29.7. The number of hydrogen-bond donors (Lipinski definition) is 1. The summed E-state index contributed by atoms with van der Waals surface area (Å²) in [5.74, 6) is -0.172. The zero-order valence-electron chi connectivity index (χ0n) is 13.7. The van der Waals surface area contributed by atoms with Crippen molar-refractivity contribution in [3.05, 3.63) is 63.4 Å². The Kier molecular flexibility index (Phi) is 2.70.